The number of aromatic amines is 1. The highest BCUT2D eigenvalue weighted by molar-refractivity contribution is 7.91. The van der Waals surface area contributed by atoms with Gasteiger partial charge in [0.1, 0.15) is 0 Å². The van der Waals surface area contributed by atoms with Crippen LogP contribution in [0.25, 0.3) is 11.1 Å². The summed E-state index contributed by atoms with van der Waals surface area (Å²) >= 11 is 0.697. The normalized spacial score (nSPS) is 15.3. The first-order valence-corrected chi connectivity index (χ1v) is 11.8. The molecule has 4 rings (SSSR count). The Morgan fingerprint density at radius 2 is 1.53 bits per heavy atom. The van der Waals surface area contributed by atoms with Crippen molar-refractivity contribution in [3.8, 4) is 11.1 Å². The largest absolute Gasteiger partial charge is 0.336 e. The van der Waals surface area contributed by atoms with E-state index >= 15 is 0 Å². The van der Waals surface area contributed by atoms with Crippen molar-refractivity contribution in [1.29, 1.82) is 0 Å². The van der Waals surface area contributed by atoms with E-state index in [0.717, 1.165) is 11.1 Å². The number of hydrogen-bond donors (Lipinski definition) is 1. The minimum atomic E-state index is -3.74. The van der Waals surface area contributed by atoms with Gasteiger partial charge in [0, 0.05) is 37.4 Å². The number of aryl methyl sites for hydroxylation is 1. The highest BCUT2D eigenvalue weighted by Crippen LogP contribution is 2.23. The average Bonchev–Trinajstić information content (AvgIpc) is 3.13. The molecular weight excluding hydrogens is 422 g/mol. The number of sulfonamides is 1. The molecule has 1 saturated heterocycles. The van der Waals surface area contributed by atoms with Crippen LogP contribution in [0.3, 0.4) is 0 Å². The molecule has 2 heterocycles. The number of benzene rings is 2. The molecule has 0 radical (unpaired) electrons. The van der Waals surface area contributed by atoms with Gasteiger partial charge in [0.2, 0.25) is 0 Å². The lowest BCUT2D eigenvalue weighted by atomic mass is 10.0. The zero-order chi connectivity index (χ0) is 21.3. The molecule has 0 unspecified atom stereocenters. The fourth-order valence-corrected chi connectivity index (χ4v) is 6.36. The van der Waals surface area contributed by atoms with Gasteiger partial charge in [0.15, 0.2) is 4.21 Å². The Labute approximate surface area is 178 Å². The zero-order valence-electron chi connectivity index (χ0n) is 16.4. The van der Waals surface area contributed by atoms with Crippen LogP contribution in [0.2, 0.25) is 0 Å². The lowest BCUT2D eigenvalue weighted by Crippen LogP contribution is -2.50. The summed E-state index contributed by atoms with van der Waals surface area (Å²) in [6, 6.07) is 17.4. The summed E-state index contributed by atoms with van der Waals surface area (Å²) in [7, 11) is -3.74. The van der Waals surface area contributed by atoms with Gasteiger partial charge < -0.3 is 9.88 Å². The fraction of sp³-hybridized carbons (Fsp3) is 0.238. The number of thiazole rings is 1. The van der Waals surface area contributed by atoms with Crippen LogP contribution in [0.15, 0.2) is 63.6 Å². The molecule has 0 bridgehead atoms. The van der Waals surface area contributed by atoms with E-state index in [1.807, 2.05) is 42.5 Å². The molecule has 3 aromatic rings. The van der Waals surface area contributed by atoms with Gasteiger partial charge in [-0.15, -0.1) is 0 Å². The van der Waals surface area contributed by atoms with Crippen LogP contribution in [0, 0.1) is 6.92 Å². The molecule has 9 heteroatoms. The van der Waals surface area contributed by atoms with Gasteiger partial charge in [-0.1, -0.05) is 53.8 Å². The number of nitrogens with zero attached hydrogens (tertiary/aromatic N) is 2. The van der Waals surface area contributed by atoms with Crippen molar-refractivity contribution in [3.05, 3.63) is 75.5 Å². The predicted molar refractivity (Wildman–Crippen MR) is 116 cm³/mol. The van der Waals surface area contributed by atoms with Crippen LogP contribution in [0.1, 0.15) is 16.1 Å². The highest BCUT2D eigenvalue weighted by atomic mass is 32.2. The Kier molecular flexibility index (Phi) is 5.59. The Bertz CT molecular complexity index is 1210. The lowest BCUT2D eigenvalue weighted by Gasteiger charge is -2.33. The second kappa shape index (κ2) is 8.17. The SMILES string of the molecule is Cc1[nH]c(=O)sc1S(=O)(=O)N1CCN(C(=O)c2ccc(-c3ccccc3)cc2)CC1. The maximum absolute atomic E-state index is 12.8. The highest BCUT2D eigenvalue weighted by Gasteiger charge is 2.32. The van der Waals surface area contributed by atoms with Gasteiger partial charge in [-0.25, -0.2) is 8.42 Å². The third-order valence-corrected chi connectivity index (χ3v) is 8.60. The Balaban J connectivity index is 1.43. The third kappa shape index (κ3) is 3.96. The summed E-state index contributed by atoms with van der Waals surface area (Å²) in [6.07, 6.45) is 0. The average molecular weight is 444 g/mol. The van der Waals surface area contributed by atoms with E-state index in [2.05, 4.69) is 4.98 Å². The summed E-state index contributed by atoms with van der Waals surface area (Å²) in [5, 5.41) is 0. The number of H-pyrrole nitrogens is 1. The fourth-order valence-electron chi connectivity index (χ4n) is 3.50. The zero-order valence-corrected chi connectivity index (χ0v) is 18.0. The molecule has 0 spiro atoms. The van der Waals surface area contributed by atoms with E-state index in [0.29, 0.717) is 35.7 Å². The number of piperazine rings is 1. The van der Waals surface area contributed by atoms with Crippen molar-refractivity contribution >= 4 is 27.3 Å². The number of carbonyl (C=O) groups excluding carboxylic acids is 1. The van der Waals surface area contributed by atoms with Crippen molar-refractivity contribution in [3.63, 3.8) is 0 Å². The molecule has 30 heavy (non-hydrogen) atoms. The van der Waals surface area contributed by atoms with E-state index in [4.69, 9.17) is 0 Å². The van der Waals surface area contributed by atoms with E-state index < -0.39 is 10.0 Å². The van der Waals surface area contributed by atoms with Crippen molar-refractivity contribution in [1.82, 2.24) is 14.2 Å². The molecule has 1 aromatic heterocycles. The molecule has 0 aliphatic carbocycles. The van der Waals surface area contributed by atoms with Crippen molar-refractivity contribution in [2.75, 3.05) is 26.2 Å². The maximum Gasteiger partial charge on any atom is 0.305 e. The Morgan fingerprint density at radius 3 is 2.10 bits per heavy atom. The molecule has 1 amide bonds. The van der Waals surface area contributed by atoms with Crippen LogP contribution in [-0.4, -0.2) is 54.7 Å². The van der Waals surface area contributed by atoms with Gasteiger partial charge in [-0.2, -0.15) is 4.31 Å². The van der Waals surface area contributed by atoms with E-state index in [9.17, 15) is 18.0 Å². The quantitative estimate of drug-likeness (QED) is 0.671. The number of rotatable bonds is 4. The second-order valence-corrected chi connectivity index (χ2v) is 10.2. The number of amides is 1. The van der Waals surface area contributed by atoms with Crippen molar-refractivity contribution in [2.24, 2.45) is 0 Å². The molecule has 2 aromatic carbocycles. The Hall–Kier alpha value is -2.75. The smallest absolute Gasteiger partial charge is 0.305 e. The third-order valence-electron chi connectivity index (χ3n) is 5.12. The molecule has 7 nitrogen and oxygen atoms in total. The number of nitrogens with one attached hydrogen (secondary N) is 1. The molecule has 1 fully saturated rings. The number of aromatic nitrogens is 1. The van der Waals surface area contributed by atoms with E-state index in [-0.39, 0.29) is 28.1 Å². The van der Waals surface area contributed by atoms with Gasteiger partial charge in [0.25, 0.3) is 15.9 Å². The number of carbonyl (C=O) groups is 1. The summed E-state index contributed by atoms with van der Waals surface area (Å²) in [6.45, 7) is 2.57. The van der Waals surface area contributed by atoms with Crippen LogP contribution in [0.4, 0.5) is 0 Å². The summed E-state index contributed by atoms with van der Waals surface area (Å²) in [5.74, 6) is -0.117. The van der Waals surface area contributed by atoms with Gasteiger partial charge in [-0.3, -0.25) is 9.59 Å². The first-order valence-electron chi connectivity index (χ1n) is 9.51. The van der Waals surface area contributed by atoms with Crippen molar-refractivity contribution in [2.45, 2.75) is 11.1 Å². The standard InChI is InChI=1S/C21H21N3O4S2/c1-15-20(29-21(26)22-15)30(27,28)24-13-11-23(12-14-24)19(25)18-9-7-17(8-10-18)16-5-3-2-4-6-16/h2-10H,11-14H2,1H3,(H,22,26). The molecule has 1 aliphatic rings. The van der Waals surface area contributed by atoms with E-state index in [1.54, 1.807) is 24.0 Å². The Morgan fingerprint density at radius 1 is 0.933 bits per heavy atom. The second-order valence-electron chi connectivity index (χ2n) is 7.07. The minimum absolute atomic E-state index is 0.0452. The van der Waals surface area contributed by atoms with E-state index in [1.165, 1.54) is 4.31 Å². The summed E-state index contributed by atoms with van der Waals surface area (Å²) < 4.78 is 27.0. The molecule has 0 saturated carbocycles. The molecule has 1 aliphatic heterocycles. The summed E-state index contributed by atoms with van der Waals surface area (Å²) in [4.78, 5) is 28.1. The number of hydrogen-bond acceptors (Lipinski definition) is 5. The van der Waals surface area contributed by atoms with Crippen LogP contribution >= 0.6 is 11.3 Å². The minimum Gasteiger partial charge on any atom is -0.336 e. The first kappa shape index (κ1) is 20.5. The monoisotopic (exact) mass is 443 g/mol. The summed E-state index contributed by atoms with van der Waals surface area (Å²) in [5.41, 5.74) is 3.04. The van der Waals surface area contributed by atoms with Crippen molar-refractivity contribution < 1.29 is 13.2 Å². The van der Waals surface area contributed by atoms with Crippen LogP contribution < -0.4 is 4.87 Å². The first-order chi connectivity index (χ1) is 14.4. The molecule has 1 N–H and O–H groups in total. The van der Waals surface area contributed by atoms with Crippen LogP contribution in [0.5, 0.6) is 0 Å². The lowest BCUT2D eigenvalue weighted by molar-refractivity contribution is 0.0698. The van der Waals surface area contributed by atoms with Crippen LogP contribution in [-0.2, 0) is 10.0 Å². The molecule has 156 valence electrons. The van der Waals surface area contributed by atoms with Gasteiger partial charge in [0.05, 0.1) is 0 Å². The topological polar surface area (TPSA) is 90.5 Å². The predicted octanol–water partition coefficient (Wildman–Crippen LogP) is 2.56. The maximum atomic E-state index is 12.8. The molecule has 0 atom stereocenters. The molecular formula is C21H21N3O4S2. The van der Waals surface area contributed by atoms with Gasteiger partial charge >= 0.3 is 4.87 Å². The van der Waals surface area contributed by atoms with Gasteiger partial charge in [-0.05, 0) is 30.2 Å².